The lowest BCUT2D eigenvalue weighted by molar-refractivity contribution is 0.102. The maximum absolute atomic E-state index is 12.1. The van der Waals surface area contributed by atoms with E-state index in [1.54, 1.807) is 30.1 Å². The minimum absolute atomic E-state index is 0.0611. The number of hydrogen-bond acceptors (Lipinski definition) is 3. The lowest BCUT2D eigenvalue weighted by Crippen LogP contribution is -2.12. The molecule has 0 aliphatic rings. The number of amides is 1. The summed E-state index contributed by atoms with van der Waals surface area (Å²) in [6, 6.07) is 7.26. The Morgan fingerprint density at radius 3 is 2.67 bits per heavy atom. The molecule has 2 N–H and O–H groups in total. The van der Waals surface area contributed by atoms with E-state index in [4.69, 9.17) is 5.11 Å². The molecule has 1 amide bonds. The fourth-order valence-corrected chi connectivity index (χ4v) is 1.78. The molecule has 0 atom stereocenters. The monoisotopic (exact) mass is 283 g/mol. The molecule has 21 heavy (non-hydrogen) atoms. The lowest BCUT2D eigenvalue weighted by Gasteiger charge is -2.04. The highest BCUT2D eigenvalue weighted by Gasteiger charge is 2.12. The standard InChI is InChI=1S/C16H17N3O2/c1-12-15(11-17-19(12)2)16(21)18-14-8-6-13(7-9-14)5-3-4-10-20/h6-9,11,20H,4,10H2,1-2H3,(H,18,21). The van der Waals surface area contributed by atoms with Crippen LogP contribution in [-0.4, -0.2) is 27.4 Å². The number of nitrogens with one attached hydrogen (secondary N) is 1. The number of carbonyl (C=O) groups excluding carboxylic acids is 1. The largest absolute Gasteiger partial charge is 0.395 e. The number of carbonyl (C=O) groups is 1. The Kier molecular flexibility index (Phi) is 4.75. The van der Waals surface area contributed by atoms with Crippen LogP contribution in [0.3, 0.4) is 0 Å². The average Bonchev–Trinajstić information content (AvgIpc) is 2.81. The van der Waals surface area contributed by atoms with E-state index in [9.17, 15) is 4.79 Å². The second kappa shape index (κ2) is 6.73. The second-order valence-electron chi connectivity index (χ2n) is 4.57. The molecule has 0 aliphatic carbocycles. The van der Waals surface area contributed by atoms with Crippen LogP contribution in [0.15, 0.2) is 30.5 Å². The molecule has 2 rings (SSSR count). The van der Waals surface area contributed by atoms with Gasteiger partial charge in [-0.1, -0.05) is 11.8 Å². The van der Waals surface area contributed by atoms with E-state index in [0.29, 0.717) is 17.7 Å². The van der Waals surface area contributed by atoms with Gasteiger partial charge in [0.15, 0.2) is 0 Å². The van der Waals surface area contributed by atoms with Crippen molar-refractivity contribution < 1.29 is 9.90 Å². The first kappa shape index (κ1) is 14.8. The Hall–Kier alpha value is -2.58. The van der Waals surface area contributed by atoms with Crippen molar-refractivity contribution in [3.05, 3.63) is 47.3 Å². The van der Waals surface area contributed by atoms with Gasteiger partial charge < -0.3 is 10.4 Å². The van der Waals surface area contributed by atoms with Gasteiger partial charge in [0.25, 0.3) is 5.91 Å². The Bertz CT molecular complexity index is 691. The van der Waals surface area contributed by atoms with Crippen molar-refractivity contribution in [1.29, 1.82) is 0 Å². The molecule has 0 spiro atoms. The zero-order chi connectivity index (χ0) is 15.2. The molecule has 0 bridgehead atoms. The van der Waals surface area contributed by atoms with Gasteiger partial charge in [0.1, 0.15) is 0 Å². The summed E-state index contributed by atoms with van der Waals surface area (Å²) in [6.07, 6.45) is 2.01. The van der Waals surface area contributed by atoms with Crippen LogP contribution in [0.5, 0.6) is 0 Å². The molecule has 2 aromatic rings. The number of anilines is 1. The number of hydrogen-bond donors (Lipinski definition) is 2. The van der Waals surface area contributed by atoms with E-state index in [1.165, 1.54) is 0 Å². The Labute approximate surface area is 123 Å². The predicted molar refractivity (Wildman–Crippen MR) is 80.9 cm³/mol. The Morgan fingerprint density at radius 1 is 1.38 bits per heavy atom. The van der Waals surface area contributed by atoms with E-state index < -0.39 is 0 Å². The van der Waals surface area contributed by atoms with Gasteiger partial charge in [-0.15, -0.1) is 0 Å². The quantitative estimate of drug-likeness (QED) is 0.843. The van der Waals surface area contributed by atoms with Crippen molar-refractivity contribution in [3.63, 3.8) is 0 Å². The van der Waals surface area contributed by atoms with E-state index in [2.05, 4.69) is 22.3 Å². The topological polar surface area (TPSA) is 67.2 Å². The molecule has 1 aromatic carbocycles. The minimum Gasteiger partial charge on any atom is -0.395 e. The summed E-state index contributed by atoms with van der Waals surface area (Å²) < 4.78 is 1.66. The normalized spacial score (nSPS) is 9.86. The Balaban J connectivity index is 2.05. The molecule has 5 nitrogen and oxygen atoms in total. The smallest absolute Gasteiger partial charge is 0.259 e. The van der Waals surface area contributed by atoms with Gasteiger partial charge in [-0.3, -0.25) is 9.48 Å². The lowest BCUT2D eigenvalue weighted by atomic mass is 10.2. The summed E-state index contributed by atoms with van der Waals surface area (Å²) in [5.74, 6) is 5.60. The van der Waals surface area contributed by atoms with E-state index in [-0.39, 0.29) is 12.5 Å². The third-order valence-corrected chi connectivity index (χ3v) is 3.09. The maximum atomic E-state index is 12.1. The van der Waals surface area contributed by atoms with E-state index in [0.717, 1.165) is 11.3 Å². The number of aliphatic hydroxyl groups excluding tert-OH is 1. The van der Waals surface area contributed by atoms with Crippen molar-refractivity contribution in [2.24, 2.45) is 7.05 Å². The number of rotatable bonds is 3. The van der Waals surface area contributed by atoms with Gasteiger partial charge in [0.2, 0.25) is 0 Å². The highest BCUT2D eigenvalue weighted by atomic mass is 16.2. The number of aryl methyl sites for hydroxylation is 1. The van der Waals surface area contributed by atoms with Crippen LogP contribution in [0.2, 0.25) is 0 Å². The molecule has 0 fully saturated rings. The first-order valence-corrected chi connectivity index (χ1v) is 6.61. The van der Waals surface area contributed by atoms with Crippen molar-refractivity contribution in [3.8, 4) is 11.8 Å². The number of benzene rings is 1. The minimum atomic E-state index is -0.181. The summed E-state index contributed by atoms with van der Waals surface area (Å²) in [6.45, 7) is 1.91. The van der Waals surface area contributed by atoms with Gasteiger partial charge in [-0.25, -0.2) is 0 Å². The fraction of sp³-hybridized carbons (Fsp3) is 0.250. The van der Waals surface area contributed by atoms with Crippen LogP contribution >= 0.6 is 0 Å². The van der Waals surface area contributed by atoms with Crippen LogP contribution in [0.1, 0.15) is 28.0 Å². The molecule has 0 saturated carbocycles. The van der Waals surface area contributed by atoms with Crippen LogP contribution < -0.4 is 5.32 Å². The first-order valence-electron chi connectivity index (χ1n) is 6.61. The molecule has 1 heterocycles. The zero-order valence-corrected chi connectivity index (χ0v) is 12.1. The summed E-state index contributed by atoms with van der Waals surface area (Å²) >= 11 is 0. The number of aromatic nitrogens is 2. The third kappa shape index (κ3) is 3.71. The van der Waals surface area contributed by atoms with Gasteiger partial charge in [0.05, 0.1) is 18.4 Å². The highest BCUT2D eigenvalue weighted by molar-refractivity contribution is 6.04. The molecular weight excluding hydrogens is 266 g/mol. The van der Waals surface area contributed by atoms with Crippen molar-refractivity contribution in [2.75, 3.05) is 11.9 Å². The number of nitrogens with zero attached hydrogens (tertiary/aromatic N) is 2. The van der Waals surface area contributed by atoms with Crippen molar-refractivity contribution >= 4 is 11.6 Å². The van der Waals surface area contributed by atoms with Gasteiger partial charge in [-0.05, 0) is 31.2 Å². The van der Waals surface area contributed by atoms with Gasteiger partial charge in [0, 0.05) is 30.4 Å². The SMILES string of the molecule is Cc1c(C(=O)Nc2ccc(C#CCCO)cc2)cnn1C. The predicted octanol–water partition coefficient (Wildman–Crippen LogP) is 1.71. The molecule has 108 valence electrons. The molecular formula is C16H17N3O2. The summed E-state index contributed by atoms with van der Waals surface area (Å²) in [5.41, 5.74) is 2.93. The van der Waals surface area contributed by atoms with Gasteiger partial charge >= 0.3 is 0 Å². The molecule has 5 heteroatoms. The summed E-state index contributed by atoms with van der Waals surface area (Å²) in [7, 11) is 1.80. The summed E-state index contributed by atoms with van der Waals surface area (Å²) in [5, 5.41) is 15.5. The molecule has 0 saturated heterocycles. The van der Waals surface area contributed by atoms with Crippen molar-refractivity contribution in [2.45, 2.75) is 13.3 Å². The zero-order valence-electron chi connectivity index (χ0n) is 12.1. The van der Waals surface area contributed by atoms with Crippen LogP contribution in [0.4, 0.5) is 5.69 Å². The Morgan fingerprint density at radius 2 is 2.10 bits per heavy atom. The second-order valence-corrected chi connectivity index (χ2v) is 4.57. The fourth-order valence-electron chi connectivity index (χ4n) is 1.78. The van der Waals surface area contributed by atoms with Crippen molar-refractivity contribution in [1.82, 2.24) is 9.78 Å². The first-order chi connectivity index (χ1) is 10.1. The third-order valence-electron chi connectivity index (χ3n) is 3.09. The average molecular weight is 283 g/mol. The van der Waals surface area contributed by atoms with E-state index in [1.807, 2.05) is 19.1 Å². The highest BCUT2D eigenvalue weighted by Crippen LogP contribution is 2.12. The molecule has 1 aromatic heterocycles. The summed E-state index contributed by atoms with van der Waals surface area (Å²) in [4.78, 5) is 12.1. The van der Waals surface area contributed by atoms with Crippen LogP contribution in [0, 0.1) is 18.8 Å². The molecule has 0 radical (unpaired) electrons. The maximum Gasteiger partial charge on any atom is 0.259 e. The van der Waals surface area contributed by atoms with Crippen LogP contribution in [0.25, 0.3) is 0 Å². The van der Waals surface area contributed by atoms with E-state index >= 15 is 0 Å². The molecule has 0 unspecified atom stereocenters. The molecule has 0 aliphatic heterocycles. The van der Waals surface area contributed by atoms with Gasteiger partial charge in [-0.2, -0.15) is 5.10 Å². The van der Waals surface area contributed by atoms with Crippen LogP contribution in [-0.2, 0) is 7.05 Å². The number of aliphatic hydroxyl groups is 1.